The first-order chi connectivity index (χ1) is 9.68. The van der Waals surface area contributed by atoms with Gasteiger partial charge in [-0.3, -0.25) is 4.79 Å². The Morgan fingerprint density at radius 3 is 2.70 bits per heavy atom. The molecule has 0 radical (unpaired) electrons. The Hall–Kier alpha value is -1.88. The third-order valence-electron chi connectivity index (χ3n) is 3.45. The van der Waals surface area contributed by atoms with Crippen LogP contribution in [0.25, 0.3) is 0 Å². The molecule has 0 bridgehead atoms. The number of hydrogen-bond acceptors (Lipinski definition) is 3. The van der Waals surface area contributed by atoms with Gasteiger partial charge < -0.3 is 14.7 Å². The van der Waals surface area contributed by atoms with Gasteiger partial charge in [0.1, 0.15) is 12.6 Å². The van der Waals surface area contributed by atoms with E-state index in [4.69, 9.17) is 9.84 Å². The Balaban J connectivity index is 1.83. The normalized spacial score (nSPS) is 18.8. The summed E-state index contributed by atoms with van der Waals surface area (Å²) in [4.78, 5) is 24.6. The van der Waals surface area contributed by atoms with Crippen molar-refractivity contribution in [3.8, 4) is 0 Å². The van der Waals surface area contributed by atoms with Crippen LogP contribution in [0, 0.1) is 0 Å². The zero-order chi connectivity index (χ0) is 14.4. The standard InChI is InChI=1S/C15H19NO4/c17-14(11-20-10-12-6-2-1-3-7-12)16-9-5-4-8-13(16)15(18)19/h1-3,6-7,13H,4-5,8-11H2,(H,18,19)/t13-/m0/s1. The van der Waals surface area contributed by atoms with Crippen LogP contribution in [0.15, 0.2) is 30.3 Å². The van der Waals surface area contributed by atoms with Gasteiger partial charge in [0, 0.05) is 6.54 Å². The highest BCUT2D eigenvalue weighted by Gasteiger charge is 2.31. The van der Waals surface area contributed by atoms with E-state index in [1.807, 2.05) is 30.3 Å². The van der Waals surface area contributed by atoms with Crippen molar-refractivity contribution in [1.29, 1.82) is 0 Å². The van der Waals surface area contributed by atoms with Crippen LogP contribution in [0.2, 0.25) is 0 Å². The van der Waals surface area contributed by atoms with Crippen molar-refractivity contribution in [2.75, 3.05) is 13.2 Å². The summed E-state index contributed by atoms with van der Waals surface area (Å²) in [5, 5.41) is 9.13. The molecule has 20 heavy (non-hydrogen) atoms. The Morgan fingerprint density at radius 1 is 1.25 bits per heavy atom. The molecule has 1 aromatic carbocycles. The Kier molecular flexibility index (Phi) is 5.12. The summed E-state index contributed by atoms with van der Waals surface area (Å²) in [6.07, 6.45) is 2.24. The van der Waals surface area contributed by atoms with Gasteiger partial charge in [0.05, 0.1) is 6.61 Å². The minimum Gasteiger partial charge on any atom is -0.480 e. The number of carboxylic acids is 1. The van der Waals surface area contributed by atoms with E-state index < -0.39 is 12.0 Å². The molecular weight excluding hydrogens is 258 g/mol. The molecule has 1 aromatic rings. The predicted molar refractivity (Wildman–Crippen MR) is 73.1 cm³/mol. The van der Waals surface area contributed by atoms with Crippen LogP contribution < -0.4 is 0 Å². The van der Waals surface area contributed by atoms with Crippen molar-refractivity contribution in [2.24, 2.45) is 0 Å². The summed E-state index contributed by atoms with van der Waals surface area (Å²) < 4.78 is 5.38. The van der Waals surface area contributed by atoms with Gasteiger partial charge in [0.2, 0.25) is 5.91 Å². The molecule has 0 spiro atoms. The lowest BCUT2D eigenvalue weighted by Crippen LogP contribution is -2.49. The molecule has 0 aliphatic carbocycles. The Morgan fingerprint density at radius 2 is 2.00 bits per heavy atom. The van der Waals surface area contributed by atoms with E-state index in [9.17, 15) is 9.59 Å². The number of carbonyl (C=O) groups is 2. The quantitative estimate of drug-likeness (QED) is 0.889. The van der Waals surface area contributed by atoms with Gasteiger partial charge in [0.25, 0.3) is 0 Å². The fraction of sp³-hybridized carbons (Fsp3) is 0.467. The monoisotopic (exact) mass is 277 g/mol. The highest BCUT2D eigenvalue weighted by Crippen LogP contribution is 2.17. The number of benzene rings is 1. The number of nitrogens with zero attached hydrogens (tertiary/aromatic N) is 1. The second kappa shape index (κ2) is 7.05. The molecule has 0 aromatic heterocycles. The van der Waals surface area contributed by atoms with E-state index in [0.29, 0.717) is 19.6 Å². The number of ether oxygens (including phenoxy) is 1. The smallest absolute Gasteiger partial charge is 0.326 e. The number of likely N-dealkylation sites (tertiary alicyclic amines) is 1. The number of amides is 1. The maximum atomic E-state index is 12.0. The van der Waals surface area contributed by atoms with Crippen molar-refractivity contribution < 1.29 is 19.4 Å². The highest BCUT2D eigenvalue weighted by molar-refractivity contribution is 5.84. The molecule has 0 unspecified atom stereocenters. The molecule has 1 aliphatic rings. The van der Waals surface area contributed by atoms with Gasteiger partial charge in [-0.15, -0.1) is 0 Å². The van der Waals surface area contributed by atoms with Gasteiger partial charge in [-0.1, -0.05) is 30.3 Å². The molecule has 1 fully saturated rings. The fourth-order valence-corrected chi connectivity index (χ4v) is 2.40. The molecule has 0 saturated carbocycles. The summed E-state index contributed by atoms with van der Waals surface area (Å²) in [7, 11) is 0. The predicted octanol–water partition coefficient (Wildman–Crippen LogP) is 1.67. The van der Waals surface area contributed by atoms with Gasteiger partial charge in [0.15, 0.2) is 0 Å². The van der Waals surface area contributed by atoms with Gasteiger partial charge in [-0.2, -0.15) is 0 Å². The Labute approximate surface area is 118 Å². The van der Waals surface area contributed by atoms with E-state index in [1.165, 1.54) is 4.90 Å². The SMILES string of the molecule is O=C(O)[C@@H]1CCCCN1C(=O)COCc1ccccc1. The zero-order valence-electron chi connectivity index (χ0n) is 11.3. The third kappa shape index (κ3) is 3.81. The van der Waals surface area contributed by atoms with E-state index >= 15 is 0 Å². The van der Waals surface area contributed by atoms with Crippen molar-refractivity contribution in [1.82, 2.24) is 4.90 Å². The van der Waals surface area contributed by atoms with Crippen molar-refractivity contribution >= 4 is 11.9 Å². The third-order valence-corrected chi connectivity index (χ3v) is 3.45. The van der Waals surface area contributed by atoms with Crippen molar-refractivity contribution in [2.45, 2.75) is 31.9 Å². The number of rotatable bonds is 5. The van der Waals surface area contributed by atoms with Crippen LogP contribution in [-0.2, 0) is 20.9 Å². The minimum absolute atomic E-state index is 0.0708. The molecule has 1 aliphatic heterocycles. The van der Waals surface area contributed by atoms with Gasteiger partial charge in [-0.25, -0.2) is 4.79 Å². The molecule has 5 nitrogen and oxygen atoms in total. The first-order valence-corrected chi connectivity index (χ1v) is 6.82. The van der Waals surface area contributed by atoms with Crippen LogP contribution in [0.5, 0.6) is 0 Å². The second-order valence-electron chi connectivity index (χ2n) is 4.92. The zero-order valence-corrected chi connectivity index (χ0v) is 11.3. The average molecular weight is 277 g/mol. The van der Waals surface area contributed by atoms with Crippen molar-refractivity contribution in [3.63, 3.8) is 0 Å². The lowest BCUT2D eigenvalue weighted by atomic mass is 10.0. The van der Waals surface area contributed by atoms with Gasteiger partial charge in [-0.05, 0) is 24.8 Å². The lowest BCUT2D eigenvalue weighted by molar-refractivity contribution is -0.154. The molecule has 1 saturated heterocycles. The summed E-state index contributed by atoms with van der Waals surface area (Å²) in [6.45, 7) is 0.793. The number of carbonyl (C=O) groups excluding carboxylic acids is 1. The van der Waals surface area contributed by atoms with Gasteiger partial charge >= 0.3 is 5.97 Å². The van der Waals surface area contributed by atoms with Crippen LogP contribution in [-0.4, -0.2) is 41.1 Å². The number of carboxylic acid groups (broad SMARTS) is 1. The first kappa shape index (κ1) is 14.5. The summed E-state index contributed by atoms with van der Waals surface area (Å²) >= 11 is 0. The molecule has 1 amide bonds. The van der Waals surface area contributed by atoms with E-state index in [-0.39, 0.29) is 12.5 Å². The number of hydrogen-bond donors (Lipinski definition) is 1. The lowest BCUT2D eigenvalue weighted by Gasteiger charge is -2.32. The second-order valence-corrected chi connectivity index (χ2v) is 4.92. The largest absolute Gasteiger partial charge is 0.480 e. The number of aliphatic carboxylic acids is 1. The number of piperidine rings is 1. The summed E-state index contributed by atoms with van der Waals surface area (Å²) in [6, 6.07) is 8.88. The fourth-order valence-electron chi connectivity index (χ4n) is 2.40. The maximum Gasteiger partial charge on any atom is 0.326 e. The molecule has 2 rings (SSSR count). The molecule has 108 valence electrons. The van der Waals surface area contributed by atoms with E-state index in [2.05, 4.69) is 0 Å². The van der Waals surface area contributed by atoms with E-state index in [1.54, 1.807) is 0 Å². The van der Waals surface area contributed by atoms with E-state index in [0.717, 1.165) is 18.4 Å². The molecule has 1 N–H and O–H groups in total. The van der Waals surface area contributed by atoms with Crippen LogP contribution in [0.3, 0.4) is 0 Å². The van der Waals surface area contributed by atoms with Crippen LogP contribution >= 0.6 is 0 Å². The molecular formula is C15H19NO4. The topological polar surface area (TPSA) is 66.8 Å². The first-order valence-electron chi connectivity index (χ1n) is 6.82. The van der Waals surface area contributed by atoms with Crippen molar-refractivity contribution in [3.05, 3.63) is 35.9 Å². The van der Waals surface area contributed by atoms with Crippen LogP contribution in [0.1, 0.15) is 24.8 Å². The summed E-state index contributed by atoms with van der Waals surface area (Å²) in [5.41, 5.74) is 0.994. The Bertz CT molecular complexity index is 460. The minimum atomic E-state index is -0.930. The maximum absolute atomic E-state index is 12.0. The highest BCUT2D eigenvalue weighted by atomic mass is 16.5. The molecule has 1 heterocycles. The van der Waals surface area contributed by atoms with Crippen LogP contribution in [0.4, 0.5) is 0 Å². The molecule has 5 heteroatoms. The molecule has 1 atom stereocenters. The average Bonchev–Trinajstić information content (AvgIpc) is 2.48. The summed E-state index contributed by atoms with van der Waals surface area (Å²) in [5.74, 6) is -1.17.